The van der Waals surface area contributed by atoms with Gasteiger partial charge in [0, 0.05) is 23.0 Å². The minimum Gasteiger partial charge on any atom is -0.489 e. The van der Waals surface area contributed by atoms with Gasteiger partial charge in [-0.1, -0.05) is 23.2 Å². The fraction of sp³-hybridized carbons (Fsp3) is 0.214. The van der Waals surface area contributed by atoms with Crippen molar-refractivity contribution in [3.63, 3.8) is 0 Å². The van der Waals surface area contributed by atoms with Crippen molar-refractivity contribution >= 4 is 35.2 Å². The zero-order chi connectivity index (χ0) is 13.8. The van der Waals surface area contributed by atoms with Gasteiger partial charge in [0.2, 0.25) is 0 Å². The molecule has 0 amide bonds. The van der Waals surface area contributed by atoms with E-state index in [4.69, 9.17) is 27.9 Å². The SMILES string of the molecule is CC(C)OC(=Cn1ccnc1)c1ccc(Cl)cc1Cl. The molecule has 1 aromatic heterocycles. The van der Waals surface area contributed by atoms with Crippen molar-refractivity contribution in [3.8, 4) is 0 Å². The predicted octanol–water partition coefficient (Wildman–Crippen LogP) is 4.57. The monoisotopic (exact) mass is 296 g/mol. The van der Waals surface area contributed by atoms with E-state index in [9.17, 15) is 0 Å². The lowest BCUT2D eigenvalue weighted by Crippen LogP contribution is -2.03. The van der Waals surface area contributed by atoms with E-state index in [1.165, 1.54) is 0 Å². The third kappa shape index (κ3) is 3.75. The first-order valence-corrected chi connectivity index (χ1v) is 6.63. The third-order valence-electron chi connectivity index (χ3n) is 2.35. The first-order chi connectivity index (χ1) is 9.06. The van der Waals surface area contributed by atoms with E-state index in [1.54, 1.807) is 24.7 Å². The lowest BCUT2D eigenvalue weighted by atomic mass is 10.2. The molecule has 2 aromatic rings. The van der Waals surface area contributed by atoms with Gasteiger partial charge >= 0.3 is 0 Å². The zero-order valence-electron chi connectivity index (χ0n) is 10.7. The maximum Gasteiger partial charge on any atom is 0.144 e. The van der Waals surface area contributed by atoms with Crippen LogP contribution in [0.2, 0.25) is 10.0 Å². The number of halogens is 2. The van der Waals surface area contributed by atoms with Crippen LogP contribution in [0.25, 0.3) is 12.0 Å². The summed E-state index contributed by atoms with van der Waals surface area (Å²) in [7, 11) is 0. The number of benzene rings is 1. The van der Waals surface area contributed by atoms with Gasteiger partial charge in [0.05, 0.1) is 23.7 Å². The fourth-order valence-electron chi connectivity index (χ4n) is 1.59. The van der Waals surface area contributed by atoms with Crippen molar-refractivity contribution in [2.24, 2.45) is 0 Å². The molecular weight excluding hydrogens is 283 g/mol. The van der Waals surface area contributed by atoms with E-state index < -0.39 is 0 Å². The van der Waals surface area contributed by atoms with Crippen LogP contribution in [0.15, 0.2) is 36.9 Å². The summed E-state index contributed by atoms with van der Waals surface area (Å²) in [4.78, 5) is 3.99. The molecule has 0 aliphatic carbocycles. The molecule has 1 heterocycles. The summed E-state index contributed by atoms with van der Waals surface area (Å²) in [6.45, 7) is 3.93. The molecule has 2 rings (SSSR count). The highest BCUT2D eigenvalue weighted by Gasteiger charge is 2.10. The molecule has 0 unspecified atom stereocenters. The Balaban J connectivity index is 2.42. The van der Waals surface area contributed by atoms with E-state index in [0.29, 0.717) is 15.8 Å². The summed E-state index contributed by atoms with van der Waals surface area (Å²) in [5.74, 6) is 0.676. The van der Waals surface area contributed by atoms with Crippen LogP contribution in [0.1, 0.15) is 19.4 Å². The number of rotatable bonds is 4. The quantitative estimate of drug-likeness (QED) is 0.773. The van der Waals surface area contributed by atoms with E-state index in [0.717, 1.165) is 5.56 Å². The van der Waals surface area contributed by atoms with Gasteiger partial charge in [-0.2, -0.15) is 0 Å². The Morgan fingerprint density at radius 1 is 1.37 bits per heavy atom. The van der Waals surface area contributed by atoms with Crippen LogP contribution in [-0.2, 0) is 4.74 Å². The number of aromatic nitrogens is 2. The van der Waals surface area contributed by atoms with Crippen LogP contribution in [0.3, 0.4) is 0 Å². The van der Waals surface area contributed by atoms with E-state index in [2.05, 4.69) is 4.98 Å². The van der Waals surface area contributed by atoms with Crippen LogP contribution < -0.4 is 0 Å². The molecule has 5 heteroatoms. The van der Waals surface area contributed by atoms with Crippen LogP contribution in [-0.4, -0.2) is 15.7 Å². The molecule has 1 aromatic carbocycles. The summed E-state index contributed by atoms with van der Waals surface area (Å²) < 4.78 is 7.62. The first-order valence-electron chi connectivity index (χ1n) is 5.87. The number of hydrogen-bond acceptors (Lipinski definition) is 2. The van der Waals surface area contributed by atoms with Crippen molar-refractivity contribution < 1.29 is 4.74 Å². The summed E-state index contributed by atoms with van der Waals surface area (Å²) >= 11 is 12.1. The molecule has 100 valence electrons. The lowest BCUT2D eigenvalue weighted by Gasteiger charge is -2.15. The highest BCUT2D eigenvalue weighted by Crippen LogP contribution is 2.29. The Kier molecular flexibility index (Phi) is 4.51. The molecule has 0 saturated carbocycles. The fourth-order valence-corrected chi connectivity index (χ4v) is 2.09. The highest BCUT2D eigenvalue weighted by atomic mass is 35.5. The van der Waals surface area contributed by atoms with Crippen molar-refractivity contribution in [2.75, 3.05) is 0 Å². The number of imidazole rings is 1. The minimum absolute atomic E-state index is 0.0431. The molecule has 0 aliphatic rings. The van der Waals surface area contributed by atoms with Crippen LogP contribution in [0.5, 0.6) is 0 Å². The van der Waals surface area contributed by atoms with Gasteiger partial charge in [-0.05, 0) is 32.0 Å². The normalized spacial score (nSPS) is 11.9. The first kappa shape index (κ1) is 14.0. The van der Waals surface area contributed by atoms with Gasteiger partial charge in [0.1, 0.15) is 5.76 Å². The van der Waals surface area contributed by atoms with Gasteiger partial charge in [0.15, 0.2) is 0 Å². The van der Waals surface area contributed by atoms with Gasteiger partial charge in [-0.3, -0.25) is 0 Å². The Bertz CT molecular complexity index is 577. The largest absolute Gasteiger partial charge is 0.489 e. The Hall–Kier alpha value is -1.45. The molecule has 0 aliphatic heterocycles. The highest BCUT2D eigenvalue weighted by molar-refractivity contribution is 6.35. The van der Waals surface area contributed by atoms with Gasteiger partial charge in [-0.25, -0.2) is 4.98 Å². The van der Waals surface area contributed by atoms with Crippen LogP contribution in [0.4, 0.5) is 0 Å². The summed E-state index contributed by atoms with van der Waals surface area (Å²) in [5.41, 5.74) is 0.800. The van der Waals surface area contributed by atoms with Gasteiger partial charge in [0.25, 0.3) is 0 Å². The van der Waals surface area contributed by atoms with Crippen molar-refractivity contribution in [2.45, 2.75) is 20.0 Å². The molecule has 19 heavy (non-hydrogen) atoms. The second-order valence-electron chi connectivity index (χ2n) is 4.29. The molecule has 0 saturated heterocycles. The molecular formula is C14H14Cl2N2O. The molecule has 0 radical (unpaired) electrons. The van der Waals surface area contributed by atoms with Crippen LogP contribution in [0, 0.1) is 0 Å². The topological polar surface area (TPSA) is 27.1 Å². The molecule has 0 fully saturated rings. The van der Waals surface area contributed by atoms with Gasteiger partial charge < -0.3 is 9.30 Å². The molecule has 3 nitrogen and oxygen atoms in total. The molecule has 0 N–H and O–H groups in total. The third-order valence-corrected chi connectivity index (χ3v) is 2.90. The number of nitrogens with zero attached hydrogens (tertiary/aromatic N) is 2. The molecule has 0 spiro atoms. The molecule has 0 bridgehead atoms. The second-order valence-corrected chi connectivity index (χ2v) is 5.14. The van der Waals surface area contributed by atoms with E-state index in [1.807, 2.05) is 36.9 Å². The maximum absolute atomic E-state index is 6.22. The summed E-state index contributed by atoms with van der Waals surface area (Å²) in [5, 5.41) is 1.15. The van der Waals surface area contributed by atoms with Gasteiger partial charge in [-0.15, -0.1) is 0 Å². The summed E-state index contributed by atoms with van der Waals surface area (Å²) in [6, 6.07) is 5.33. The Morgan fingerprint density at radius 2 is 2.16 bits per heavy atom. The number of hydrogen-bond donors (Lipinski definition) is 0. The lowest BCUT2D eigenvalue weighted by molar-refractivity contribution is 0.205. The maximum atomic E-state index is 6.22. The Morgan fingerprint density at radius 3 is 2.74 bits per heavy atom. The zero-order valence-corrected chi connectivity index (χ0v) is 12.2. The second kappa shape index (κ2) is 6.13. The predicted molar refractivity (Wildman–Crippen MR) is 79.1 cm³/mol. The standard InChI is InChI=1S/C14H14Cl2N2O/c1-10(2)19-14(8-18-6-5-17-9-18)12-4-3-11(15)7-13(12)16/h3-10H,1-2H3. The minimum atomic E-state index is 0.0431. The van der Waals surface area contributed by atoms with Crippen molar-refractivity contribution in [1.82, 2.24) is 9.55 Å². The number of ether oxygens (including phenoxy) is 1. The summed E-state index contributed by atoms with van der Waals surface area (Å²) in [6.07, 6.45) is 7.09. The van der Waals surface area contributed by atoms with Crippen molar-refractivity contribution in [1.29, 1.82) is 0 Å². The van der Waals surface area contributed by atoms with E-state index >= 15 is 0 Å². The molecule has 0 atom stereocenters. The Labute approximate surface area is 122 Å². The smallest absolute Gasteiger partial charge is 0.144 e. The average Bonchev–Trinajstić information content (AvgIpc) is 2.80. The van der Waals surface area contributed by atoms with Crippen molar-refractivity contribution in [3.05, 3.63) is 52.5 Å². The van der Waals surface area contributed by atoms with Crippen LogP contribution >= 0.6 is 23.2 Å². The average molecular weight is 297 g/mol. The van der Waals surface area contributed by atoms with E-state index in [-0.39, 0.29) is 6.10 Å².